The van der Waals surface area contributed by atoms with Crippen LogP contribution in [-0.4, -0.2) is 35.4 Å². The van der Waals surface area contributed by atoms with Crippen LogP contribution in [0.2, 0.25) is 0 Å². The number of carbonyl (C=O) groups is 1. The van der Waals surface area contributed by atoms with Crippen LogP contribution in [0.3, 0.4) is 0 Å². The molecule has 0 fully saturated rings. The third-order valence-electron chi connectivity index (χ3n) is 4.41. The molecule has 3 aromatic heterocycles. The standard InChI is InChI=1S/C22H12N5.C3H7NO.ClHO4.Cu/c23-13-17(19-9-3-5-11-25-19)21-15-7-1-2-8-16(15)22(27-21)18(14-24)20-10-4-6-12-26-20;1-4(2)3-5;2-1(3,4)5;/h1-12H;3H,1-2H3;(H,2,3,4,5);/q-1;;;+2/p-1/b21-17-,22-18-;;;. The van der Waals surface area contributed by atoms with E-state index in [0.717, 1.165) is 17.2 Å². The monoisotopic (exact) mass is 581 g/mol. The fraction of sp³-hybridized carbons (Fsp3) is 0.0800. The molecule has 0 N–H and O–H groups in total. The van der Waals surface area contributed by atoms with Crippen molar-refractivity contribution in [2.75, 3.05) is 14.1 Å². The summed E-state index contributed by atoms with van der Waals surface area (Å²) in [5, 5.41) is 22.2. The van der Waals surface area contributed by atoms with Crippen LogP contribution < -0.4 is 34.3 Å². The molecule has 0 unspecified atom stereocenters. The van der Waals surface area contributed by atoms with Crippen molar-refractivity contribution in [2.24, 2.45) is 0 Å². The predicted octanol–water partition coefficient (Wildman–Crippen LogP) is -3.02. The minimum Gasteiger partial charge on any atom is -0.655 e. The summed E-state index contributed by atoms with van der Waals surface area (Å²) in [6.07, 6.45) is 4.03. The van der Waals surface area contributed by atoms with Crippen molar-refractivity contribution in [1.82, 2.24) is 19.9 Å². The molecule has 0 aliphatic heterocycles. The Morgan fingerprint density at radius 2 is 1.16 bits per heavy atom. The van der Waals surface area contributed by atoms with Gasteiger partial charge in [-0.3, -0.25) is 14.8 Å². The third-order valence-corrected chi connectivity index (χ3v) is 4.41. The molecule has 0 aliphatic carbocycles. The maximum Gasteiger partial charge on any atom is 2.00 e. The number of halogens is 1. The fourth-order valence-electron chi connectivity index (χ4n) is 2.99. The Morgan fingerprint density at radius 3 is 1.42 bits per heavy atom. The third kappa shape index (κ3) is 9.41. The minimum atomic E-state index is -4.94. The molecule has 1 aromatic carbocycles. The SMILES string of the molecule is CN(C)C=O.N#C/C(c1ccccn1)=c1/[n-]/c(=C(/C#N)c2ccccn2)c2ccccc12.[Cu+2].[O-][Cl+3]([O-])([O-])[O-]. The van der Waals surface area contributed by atoms with E-state index < -0.39 is 10.2 Å². The molecule has 3 heterocycles. The second-order valence-corrected chi connectivity index (χ2v) is 7.96. The van der Waals surface area contributed by atoms with Crippen LogP contribution in [0.1, 0.15) is 11.4 Å². The van der Waals surface area contributed by atoms with Crippen LogP contribution in [0.25, 0.3) is 21.9 Å². The number of fused-ring (bicyclic) bond motifs is 1. The molecule has 13 heteroatoms. The second kappa shape index (κ2) is 15.2. The number of nitrogens with zero attached hydrogens (tertiary/aromatic N) is 6. The zero-order valence-corrected chi connectivity index (χ0v) is 21.6. The summed E-state index contributed by atoms with van der Waals surface area (Å²) in [4.78, 5) is 24.1. The first-order chi connectivity index (χ1) is 17.6. The molecule has 0 saturated heterocycles. The zero-order valence-electron chi connectivity index (χ0n) is 19.9. The molecule has 0 bridgehead atoms. The van der Waals surface area contributed by atoms with Crippen molar-refractivity contribution in [3.63, 3.8) is 0 Å². The smallest absolute Gasteiger partial charge is 0.655 e. The summed E-state index contributed by atoms with van der Waals surface area (Å²) < 4.78 is 34.0. The summed E-state index contributed by atoms with van der Waals surface area (Å²) in [7, 11) is -1.57. The molecule has 1 amide bonds. The molecule has 38 heavy (non-hydrogen) atoms. The Labute approximate surface area is 230 Å². The van der Waals surface area contributed by atoms with Gasteiger partial charge in [0, 0.05) is 26.5 Å². The maximum absolute atomic E-state index is 9.76. The molecule has 0 atom stereocenters. The first kappa shape index (κ1) is 31.9. The summed E-state index contributed by atoms with van der Waals surface area (Å²) >= 11 is 0. The van der Waals surface area contributed by atoms with Crippen molar-refractivity contribution >= 4 is 28.3 Å². The first-order valence-corrected chi connectivity index (χ1v) is 11.5. The Bertz CT molecular complexity index is 1430. The van der Waals surface area contributed by atoms with Crippen molar-refractivity contribution in [3.8, 4) is 12.1 Å². The second-order valence-electron chi connectivity index (χ2n) is 7.21. The normalized spacial score (nSPS) is 11.6. The summed E-state index contributed by atoms with van der Waals surface area (Å²) in [6, 6.07) is 22.8. The molecule has 1 radical (unpaired) electrons. The van der Waals surface area contributed by atoms with Crippen LogP contribution in [-0.2, 0) is 21.9 Å². The number of pyridine rings is 2. The Hall–Kier alpha value is -4.10. The van der Waals surface area contributed by atoms with E-state index in [2.05, 4.69) is 27.1 Å². The van der Waals surface area contributed by atoms with Gasteiger partial charge in [0.05, 0.1) is 22.5 Å². The number of hydrogen-bond donors (Lipinski definition) is 0. The molecule has 0 aliphatic rings. The molecular formula is C25H19ClCuN6O5. The van der Waals surface area contributed by atoms with Gasteiger partial charge < -0.3 is 9.88 Å². The van der Waals surface area contributed by atoms with Gasteiger partial charge in [-0.2, -0.15) is 10.5 Å². The number of nitriles is 2. The fourth-order valence-corrected chi connectivity index (χ4v) is 2.99. The van der Waals surface area contributed by atoms with E-state index in [-0.39, 0.29) is 17.1 Å². The van der Waals surface area contributed by atoms with Gasteiger partial charge in [-0.05, 0) is 35.0 Å². The Kier molecular flexibility index (Phi) is 12.8. The molecular weight excluding hydrogens is 563 g/mol. The van der Waals surface area contributed by atoms with E-state index in [1.807, 2.05) is 36.4 Å². The average molecular weight is 582 g/mol. The molecule has 197 valence electrons. The number of hydrogen-bond acceptors (Lipinski definition) is 9. The van der Waals surface area contributed by atoms with E-state index in [1.54, 1.807) is 50.8 Å². The molecule has 0 saturated carbocycles. The van der Waals surface area contributed by atoms with E-state index in [9.17, 15) is 15.3 Å². The molecule has 0 spiro atoms. The number of amides is 1. The van der Waals surface area contributed by atoms with Gasteiger partial charge in [-0.25, -0.2) is 18.6 Å². The van der Waals surface area contributed by atoms with Crippen LogP contribution in [0, 0.1) is 32.9 Å². The van der Waals surface area contributed by atoms with Gasteiger partial charge in [-0.15, -0.1) is 20.9 Å². The van der Waals surface area contributed by atoms with Gasteiger partial charge in [0.25, 0.3) is 0 Å². The maximum atomic E-state index is 9.76. The topological polar surface area (TPSA) is 200 Å². The summed E-state index contributed by atoms with van der Waals surface area (Å²) in [5.41, 5.74) is 1.84. The first-order valence-electron chi connectivity index (χ1n) is 10.3. The van der Waals surface area contributed by atoms with E-state index >= 15 is 0 Å². The average Bonchev–Trinajstić information content (AvgIpc) is 3.25. The van der Waals surface area contributed by atoms with Crippen molar-refractivity contribution < 1.29 is 50.7 Å². The van der Waals surface area contributed by atoms with Crippen molar-refractivity contribution in [3.05, 3.63) is 95.1 Å². The minimum absolute atomic E-state index is 0. The van der Waals surface area contributed by atoms with E-state index in [1.165, 1.54) is 4.90 Å². The quantitative estimate of drug-likeness (QED) is 0.177. The van der Waals surface area contributed by atoms with Gasteiger partial charge in [0.2, 0.25) is 6.41 Å². The number of rotatable bonds is 3. The van der Waals surface area contributed by atoms with Gasteiger partial charge in [0.1, 0.15) is 12.1 Å². The van der Waals surface area contributed by atoms with Gasteiger partial charge in [0.15, 0.2) is 0 Å². The van der Waals surface area contributed by atoms with Crippen LogP contribution in [0.15, 0.2) is 73.1 Å². The van der Waals surface area contributed by atoms with Crippen LogP contribution in [0.4, 0.5) is 0 Å². The van der Waals surface area contributed by atoms with Crippen LogP contribution >= 0.6 is 0 Å². The molecule has 4 rings (SSSR count). The number of carbonyl (C=O) groups excluding carboxylic acids is 1. The molecule has 4 aromatic rings. The van der Waals surface area contributed by atoms with E-state index in [4.69, 9.17) is 18.6 Å². The summed E-state index contributed by atoms with van der Waals surface area (Å²) in [6.45, 7) is 0. The predicted molar refractivity (Wildman–Crippen MR) is 121 cm³/mol. The zero-order chi connectivity index (χ0) is 27.4. The summed E-state index contributed by atoms with van der Waals surface area (Å²) in [5.74, 6) is 0. The number of benzene rings is 1. The van der Waals surface area contributed by atoms with E-state index in [0.29, 0.717) is 33.2 Å². The van der Waals surface area contributed by atoms with Gasteiger partial charge in [-0.1, -0.05) is 36.4 Å². The largest absolute Gasteiger partial charge is 2.00 e. The Balaban J connectivity index is 0.000000564. The Morgan fingerprint density at radius 1 is 0.816 bits per heavy atom. The number of aromatic nitrogens is 3. The van der Waals surface area contributed by atoms with Crippen molar-refractivity contribution in [2.45, 2.75) is 0 Å². The molecule has 11 nitrogen and oxygen atoms in total. The van der Waals surface area contributed by atoms with Crippen molar-refractivity contribution in [1.29, 1.82) is 10.5 Å². The van der Waals surface area contributed by atoms with Crippen LogP contribution in [0.5, 0.6) is 0 Å². The van der Waals surface area contributed by atoms with Gasteiger partial charge >= 0.3 is 17.1 Å².